The molecular weight excluding hydrogens is 178 g/mol. The van der Waals surface area contributed by atoms with Crippen LogP contribution in [0.3, 0.4) is 0 Å². The Kier molecular flexibility index (Phi) is 3.31. The molecule has 0 radical (unpaired) electrons. The monoisotopic (exact) mass is 197 g/mol. The highest BCUT2D eigenvalue weighted by atomic mass is 28.3. The number of rotatable bonds is 1. The van der Waals surface area contributed by atoms with Gasteiger partial charge in [-0.25, -0.2) is 0 Å². The molecule has 0 spiro atoms. The van der Waals surface area contributed by atoms with Gasteiger partial charge in [0, 0.05) is 6.42 Å². The zero-order chi connectivity index (χ0) is 9.90. The molecular formula is C10H19NOSi. The van der Waals surface area contributed by atoms with E-state index in [-0.39, 0.29) is 0 Å². The Balaban J connectivity index is 2.67. The van der Waals surface area contributed by atoms with Crippen LogP contribution in [0.1, 0.15) is 25.7 Å². The topological polar surface area (TPSA) is 32.6 Å². The van der Waals surface area contributed by atoms with Crippen LogP contribution in [0.5, 0.6) is 0 Å². The van der Waals surface area contributed by atoms with Gasteiger partial charge in [0.2, 0.25) is 0 Å². The van der Waals surface area contributed by atoms with Crippen LogP contribution in [0, 0.1) is 0 Å². The summed E-state index contributed by atoms with van der Waals surface area (Å²) in [6.07, 6.45) is 4.22. The number of allylic oxidation sites excluding steroid dienone is 1. The third-order valence-electron chi connectivity index (χ3n) is 2.17. The Bertz CT molecular complexity index is 238. The van der Waals surface area contributed by atoms with E-state index in [0.29, 0.717) is 0 Å². The Labute approximate surface area is 81.4 Å². The van der Waals surface area contributed by atoms with Crippen LogP contribution in [0.4, 0.5) is 0 Å². The molecule has 0 heterocycles. The Morgan fingerprint density at radius 3 is 2.54 bits per heavy atom. The van der Waals surface area contributed by atoms with Crippen LogP contribution >= 0.6 is 0 Å². The molecule has 1 aliphatic rings. The minimum atomic E-state index is -1.09. The second kappa shape index (κ2) is 4.09. The van der Waals surface area contributed by atoms with E-state index in [1.165, 1.54) is 12.0 Å². The van der Waals surface area contributed by atoms with Crippen molar-refractivity contribution in [1.82, 2.24) is 0 Å². The summed E-state index contributed by atoms with van der Waals surface area (Å²) in [5.74, 6) is 0. The zero-order valence-corrected chi connectivity index (χ0v) is 9.80. The summed E-state index contributed by atoms with van der Waals surface area (Å²) in [5.41, 5.74) is 4.88. The predicted octanol–water partition coefficient (Wildman–Crippen LogP) is 3.19. The molecule has 0 aromatic rings. The highest BCUT2D eigenvalue weighted by Gasteiger charge is 2.16. The Morgan fingerprint density at radius 1 is 1.31 bits per heavy atom. The van der Waals surface area contributed by atoms with E-state index >= 15 is 0 Å². The molecule has 13 heavy (non-hydrogen) atoms. The van der Waals surface area contributed by atoms with Crippen molar-refractivity contribution in [3.8, 4) is 0 Å². The van der Waals surface area contributed by atoms with Gasteiger partial charge in [-0.05, 0) is 19.3 Å². The van der Waals surface area contributed by atoms with Crippen LogP contribution in [0.25, 0.3) is 0 Å². The van der Waals surface area contributed by atoms with Gasteiger partial charge < -0.3 is 5.21 Å². The van der Waals surface area contributed by atoms with Crippen molar-refractivity contribution in [2.75, 3.05) is 0 Å². The molecule has 1 N–H and O–H groups in total. The van der Waals surface area contributed by atoms with Crippen LogP contribution < -0.4 is 0 Å². The largest absolute Gasteiger partial charge is 0.411 e. The number of hydrogen-bond donors (Lipinski definition) is 1. The van der Waals surface area contributed by atoms with Crippen molar-refractivity contribution in [3.63, 3.8) is 0 Å². The van der Waals surface area contributed by atoms with E-state index in [1.54, 1.807) is 0 Å². The van der Waals surface area contributed by atoms with Crippen molar-refractivity contribution in [2.45, 2.75) is 45.3 Å². The lowest BCUT2D eigenvalue weighted by Crippen LogP contribution is -2.19. The van der Waals surface area contributed by atoms with Gasteiger partial charge in [-0.15, -0.1) is 0 Å². The maximum Gasteiger partial charge on any atom is 0.0686 e. The smallest absolute Gasteiger partial charge is 0.0686 e. The molecule has 1 rings (SSSR count). The van der Waals surface area contributed by atoms with Crippen LogP contribution in [-0.2, 0) is 0 Å². The molecule has 3 heteroatoms. The first kappa shape index (κ1) is 10.5. The van der Waals surface area contributed by atoms with Gasteiger partial charge >= 0.3 is 0 Å². The second-order valence-corrected chi connectivity index (χ2v) is 9.89. The quantitative estimate of drug-likeness (QED) is 0.391. The van der Waals surface area contributed by atoms with Crippen LogP contribution in [-0.4, -0.2) is 19.0 Å². The fourth-order valence-electron chi connectivity index (χ4n) is 1.78. The van der Waals surface area contributed by atoms with E-state index in [2.05, 4.69) is 30.5 Å². The molecule has 0 bridgehead atoms. The van der Waals surface area contributed by atoms with Crippen molar-refractivity contribution in [3.05, 3.63) is 11.3 Å². The molecule has 0 saturated heterocycles. The van der Waals surface area contributed by atoms with Gasteiger partial charge in [-0.1, -0.05) is 36.1 Å². The summed E-state index contributed by atoms with van der Waals surface area (Å²) >= 11 is 0. The van der Waals surface area contributed by atoms with Crippen molar-refractivity contribution < 1.29 is 5.21 Å². The highest BCUT2D eigenvalue weighted by molar-refractivity contribution is 6.81. The van der Waals surface area contributed by atoms with Gasteiger partial charge in [-0.2, -0.15) is 0 Å². The lowest BCUT2D eigenvalue weighted by molar-refractivity contribution is 0.315. The van der Waals surface area contributed by atoms with Gasteiger partial charge in [0.05, 0.1) is 13.8 Å². The molecule has 74 valence electrons. The molecule has 0 aromatic carbocycles. The van der Waals surface area contributed by atoms with E-state index in [0.717, 1.165) is 25.0 Å². The average Bonchev–Trinajstić information content (AvgIpc) is 2.01. The normalized spacial score (nSPS) is 25.5. The molecule has 1 aliphatic carbocycles. The first-order valence-corrected chi connectivity index (χ1v) is 8.49. The highest BCUT2D eigenvalue weighted by Crippen LogP contribution is 2.23. The Morgan fingerprint density at radius 2 is 2.00 bits per heavy atom. The SMILES string of the molecule is C[Si](C)(C)/C=C1/CCC/C(=N/O)C1. The molecule has 0 aliphatic heterocycles. The summed E-state index contributed by atoms with van der Waals surface area (Å²) in [4.78, 5) is 0. The van der Waals surface area contributed by atoms with Crippen molar-refractivity contribution >= 4 is 13.8 Å². The summed E-state index contributed by atoms with van der Waals surface area (Å²) in [6, 6.07) is 0. The van der Waals surface area contributed by atoms with Gasteiger partial charge in [0.25, 0.3) is 0 Å². The summed E-state index contributed by atoms with van der Waals surface area (Å²) in [7, 11) is -1.09. The first-order valence-electron chi connectivity index (χ1n) is 4.92. The maximum absolute atomic E-state index is 8.68. The van der Waals surface area contributed by atoms with Gasteiger partial charge in [0.15, 0.2) is 0 Å². The lowest BCUT2D eigenvalue weighted by atomic mass is 9.94. The third-order valence-corrected chi connectivity index (χ3v) is 3.45. The van der Waals surface area contributed by atoms with Crippen LogP contribution in [0.15, 0.2) is 16.4 Å². The molecule has 1 fully saturated rings. The maximum atomic E-state index is 8.68. The summed E-state index contributed by atoms with van der Waals surface area (Å²) < 4.78 is 0. The zero-order valence-electron chi connectivity index (χ0n) is 8.80. The standard InChI is InChI=1S/C10H19NOSi/c1-13(2,3)8-9-5-4-6-10(7-9)11-12/h8,12H,4-7H2,1-3H3/b9-8-,11-10-. The van der Waals surface area contributed by atoms with Crippen LogP contribution in [0.2, 0.25) is 19.6 Å². The first-order chi connectivity index (χ1) is 6.01. The molecule has 1 saturated carbocycles. The molecule has 0 atom stereocenters. The number of oxime groups is 1. The van der Waals surface area contributed by atoms with E-state index < -0.39 is 8.07 Å². The molecule has 2 nitrogen and oxygen atoms in total. The minimum Gasteiger partial charge on any atom is -0.411 e. The fraction of sp³-hybridized carbons (Fsp3) is 0.700. The van der Waals surface area contributed by atoms with Gasteiger partial charge in [0.1, 0.15) is 0 Å². The summed E-state index contributed by atoms with van der Waals surface area (Å²) in [5, 5.41) is 12.0. The van der Waals surface area contributed by atoms with Gasteiger partial charge in [-0.3, -0.25) is 0 Å². The van der Waals surface area contributed by atoms with Crippen molar-refractivity contribution in [1.29, 1.82) is 0 Å². The lowest BCUT2D eigenvalue weighted by Gasteiger charge is -2.19. The van der Waals surface area contributed by atoms with E-state index in [9.17, 15) is 0 Å². The second-order valence-electron chi connectivity index (χ2n) is 4.87. The average molecular weight is 197 g/mol. The number of hydrogen-bond acceptors (Lipinski definition) is 2. The third kappa shape index (κ3) is 3.76. The minimum absolute atomic E-state index is 0.904. The molecule has 0 amide bonds. The predicted molar refractivity (Wildman–Crippen MR) is 59.1 cm³/mol. The Hall–Kier alpha value is -0.573. The molecule has 0 unspecified atom stereocenters. The number of nitrogens with zero attached hydrogens (tertiary/aromatic N) is 1. The van der Waals surface area contributed by atoms with E-state index in [4.69, 9.17) is 5.21 Å². The fourth-order valence-corrected chi connectivity index (χ4v) is 3.25. The van der Waals surface area contributed by atoms with Crippen molar-refractivity contribution in [2.24, 2.45) is 5.16 Å². The molecule has 0 aromatic heterocycles. The summed E-state index contributed by atoms with van der Waals surface area (Å²) in [6.45, 7) is 7.01. The van der Waals surface area contributed by atoms with E-state index in [1.807, 2.05) is 0 Å².